The van der Waals surface area contributed by atoms with Crippen molar-refractivity contribution in [3.63, 3.8) is 0 Å². The highest BCUT2D eigenvalue weighted by atomic mass is 14.7. The molecule has 12 heavy (non-hydrogen) atoms. The third kappa shape index (κ3) is 1.56. The van der Waals surface area contributed by atoms with Gasteiger partial charge >= 0.3 is 0 Å². The van der Waals surface area contributed by atoms with Crippen LogP contribution in [0.5, 0.6) is 0 Å². The van der Waals surface area contributed by atoms with Gasteiger partial charge in [0.25, 0.3) is 0 Å². The summed E-state index contributed by atoms with van der Waals surface area (Å²) >= 11 is 0. The zero-order chi connectivity index (χ0) is 9.35. The van der Waals surface area contributed by atoms with Crippen LogP contribution in [-0.2, 0) is 0 Å². The van der Waals surface area contributed by atoms with E-state index in [0.717, 1.165) is 0 Å². The lowest BCUT2D eigenvalue weighted by Gasteiger charge is -2.44. The molecule has 0 unspecified atom stereocenters. The van der Waals surface area contributed by atoms with Gasteiger partial charge in [0.1, 0.15) is 0 Å². The molecule has 0 aromatic heterocycles. The quantitative estimate of drug-likeness (QED) is 0.597. The molecule has 0 aromatic carbocycles. The maximum absolute atomic E-state index is 6.02. The lowest BCUT2D eigenvalue weighted by molar-refractivity contribution is 0.104. The average Bonchev–Trinajstić information content (AvgIpc) is 1.99. The number of rotatable bonds is 1. The van der Waals surface area contributed by atoms with Gasteiger partial charge in [0.15, 0.2) is 0 Å². The Bertz CT molecular complexity index is 172. The Kier molecular flexibility index (Phi) is 2.62. The maximum atomic E-state index is 6.02. The Morgan fingerprint density at radius 2 is 2.08 bits per heavy atom. The average molecular weight is 167 g/mol. The van der Waals surface area contributed by atoms with Crippen LogP contribution in [0.15, 0.2) is 12.7 Å². The smallest absolute Gasteiger partial charge is 0.00705 e. The third-order valence-corrected chi connectivity index (χ3v) is 3.52. The molecule has 70 valence electrons. The van der Waals surface area contributed by atoms with Crippen molar-refractivity contribution in [2.75, 3.05) is 0 Å². The molecular formula is C11H21N. The second-order valence-corrected chi connectivity index (χ2v) is 4.81. The molecule has 1 aliphatic rings. The van der Waals surface area contributed by atoms with E-state index in [9.17, 15) is 0 Å². The molecule has 1 aliphatic carbocycles. The van der Waals surface area contributed by atoms with Gasteiger partial charge in [0.2, 0.25) is 0 Å². The van der Waals surface area contributed by atoms with E-state index in [1.54, 1.807) is 0 Å². The van der Waals surface area contributed by atoms with Crippen LogP contribution in [0, 0.1) is 17.3 Å². The number of nitrogens with two attached hydrogens (primary N) is 1. The molecule has 0 radical (unpaired) electrons. The summed E-state index contributed by atoms with van der Waals surface area (Å²) in [5.74, 6) is 1.17. The predicted molar refractivity (Wildman–Crippen MR) is 53.8 cm³/mol. The standard InChI is InChI=1S/C11H21N/c1-5-9-8(2)10(12)6-7-11(9,3)4/h5,8-10H,1,6-7,12H2,2-4H3/t8-,9-,10-/m0/s1. The summed E-state index contributed by atoms with van der Waals surface area (Å²) in [6, 6.07) is 0.376. The van der Waals surface area contributed by atoms with Crippen molar-refractivity contribution >= 4 is 0 Å². The van der Waals surface area contributed by atoms with Gasteiger partial charge in [-0.1, -0.05) is 26.8 Å². The van der Waals surface area contributed by atoms with Crippen molar-refractivity contribution in [1.82, 2.24) is 0 Å². The lowest BCUT2D eigenvalue weighted by Crippen LogP contribution is -2.44. The predicted octanol–water partition coefficient (Wildman–Crippen LogP) is 2.57. The van der Waals surface area contributed by atoms with Crippen molar-refractivity contribution in [2.45, 2.75) is 39.7 Å². The van der Waals surface area contributed by atoms with E-state index in [-0.39, 0.29) is 0 Å². The number of allylic oxidation sites excluding steroid dienone is 1. The molecule has 1 heteroatoms. The number of hydrogen-bond donors (Lipinski definition) is 1. The first-order chi connectivity index (χ1) is 5.49. The van der Waals surface area contributed by atoms with Crippen LogP contribution in [0.2, 0.25) is 0 Å². The highest BCUT2D eigenvalue weighted by molar-refractivity contribution is 4.99. The monoisotopic (exact) mass is 167 g/mol. The summed E-state index contributed by atoms with van der Waals surface area (Å²) in [6.07, 6.45) is 4.48. The van der Waals surface area contributed by atoms with Crippen LogP contribution in [0.1, 0.15) is 33.6 Å². The van der Waals surface area contributed by atoms with E-state index < -0.39 is 0 Å². The summed E-state index contributed by atoms with van der Waals surface area (Å²) in [6.45, 7) is 10.8. The highest BCUT2D eigenvalue weighted by Gasteiger charge is 2.38. The molecule has 0 spiro atoms. The first-order valence-electron chi connectivity index (χ1n) is 4.87. The zero-order valence-electron chi connectivity index (χ0n) is 8.51. The van der Waals surface area contributed by atoms with E-state index in [2.05, 4.69) is 33.4 Å². The lowest BCUT2D eigenvalue weighted by atomic mass is 9.62. The summed E-state index contributed by atoms with van der Waals surface area (Å²) in [4.78, 5) is 0. The van der Waals surface area contributed by atoms with Gasteiger partial charge in [-0.25, -0.2) is 0 Å². The van der Waals surface area contributed by atoms with Gasteiger partial charge in [-0.05, 0) is 30.1 Å². The van der Waals surface area contributed by atoms with E-state index in [1.807, 2.05) is 0 Å². The fourth-order valence-corrected chi connectivity index (χ4v) is 2.48. The first-order valence-corrected chi connectivity index (χ1v) is 4.87. The second-order valence-electron chi connectivity index (χ2n) is 4.81. The van der Waals surface area contributed by atoms with Crippen molar-refractivity contribution in [3.05, 3.63) is 12.7 Å². The van der Waals surface area contributed by atoms with Crippen molar-refractivity contribution in [3.8, 4) is 0 Å². The molecule has 1 saturated carbocycles. The minimum atomic E-state index is 0.376. The zero-order valence-corrected chi connectivity index (χ0v) is 8.51. The van der Waals surface area contributed by atoms with Crippen LogP contribution in [-0.4, -0.2) is 6.04 Å². The van der Waals surface area contributed by atoms with E-state index in [1.165, 1.54) is 12.8 Å². The van der Waals surface area contributed by atoms with Crippen LogP contribution >= 0.6 is 0 Å². The van der Waals surface area contributed by atoms with E-state index >= 15 is 0 Å². The summed E-state index contributed by atoms with van der Waals surface area (Å²) in [5.41, 5.74) is 6.42. The van der Waals surface area contributed by atoms with Crippen molar-refractivity contribution in [2.24, 2.45) is 23.0 Å². The molecule has 0 saturated heterocycles. The Hall–Kier alpha value is -0.300. The SMILES string of the molecule is C=C[C@H]1[C@H](C)[C@@H](N)CCC1(C)C. The molecule has 0 aliphatic heterocycles. The Morgan fingerprint density at radius 3 is 2.50 bits per heavy atom. The highest BCUT2D eigenvalue weighted by Crippen LogP contribution is 2.43. The molecule has 0 heterocycles. The third-order valence-electron chi connectivity index (χ3n) is 3.52. The maximum Gasteiger partial charge on any atom is 0.00705 e. The van der Waals surface area contributed by atoms with Crippen LogP contribution in [0.25, 0.3) is 0 Å². The molecule has 0 amide bonds. The van der Waals surface area contributed by atoms with Gasteiger partial charge in [-0.3, -0.25) is 0 Å². The van der Waals surface area contributed by atoms with Crippen molar-refractivity contribution < 1.29 is 0 Å². The largest absolute Gasteiger partial charge is 0.327 e. The molecule has 0 aromatic rings. The van der Waals surface area contributed by atoms with Gasteiger partial charge in [-0.15, -0.1) is 6.58 Å². The molecule has 3 atom stereocenters. The van der Waals surface area contributed by atoms with Crippen LogP contribution in [0.3, 0.4) is 0 Å². The molecule has 1 nitrogen and oxygen atoms in total. The summed E-state index contributed by atoms with van der Waals surface area (Å²) < 4.78 is 0. The van der Waals surface area contributed by atoms with E-state index in [0.29, 0.717) is 23.3 Å². The topological polar surface area (TPSA) is 26.0 Å². The molecule has 0 bridgehead atoms. The van der Waals surface area contributed by atoms with Crippen LogP contribution in [0.4, 0.5) is 0 Å². The molecule has 1 fully saturated rings. The molecule has 1 rings (SSSR count). The molecule has 2 N–H and O–H groups in total. The number of hydrogen-bond acceptors (Lipinski definition) is 1. The first kappa shape index (κ1) is 9.79. The van der Waals surface area contributed by atoms with Crippen LogP contribution < -0.4 is 5.73 Å². The minimum Gasteiger partial charge on any atom is -0.327 e. The fraction of sp³-hybridized carbons (Fsp3) is 0.818. The summed E-state index contributed by atoms with van der Waals surface area (Å²) in [5, 5.41) is 0. The minimum absolute atomic E-state index is 0.376. The fourth-order valence-electron chi connectivity index (χ4n) is 2.48. The Labute approximate surface area is 76.0 Å². The Balaban J connectivity index is 2.79. The van der Waals surface area contributed by atoms with Crippen molar-refractivity contribution in [1.29, 1.82) is 0 Å². The second kappa shape index (κ2) is 3.21. The van der Waals surface area contributed by atoms with Gasteiger partial charge in [0, 0.05) is 6.04 Å². The van der Waals surface area contributed by atoms with Gasteiger partial charge in [0.05, 0.1) is 0 Å². The van der Waals surface area contributed by atoms with Gasteiger partial charge < -0.3 is 5.73 Å². The molecular weight excluding hydrogens is 146 g/mol. The van der Waals surface area contributed by atoms with E-state index in [4.69, 9.17) is 5.73 Å². The van der Waals surface area contributed by atoms with Gasteiger partial charge in [-0.2, -0.15) is 0 Å². The normalized spacial score (nSPS) is 40.8. The Morgan fingerprint density at radius 1 is 1.50 bits per heavy atom. The summed E-state index contributed by atoms with van der Waals surface area (Å²) in [7, 11) is 0.